The van der Waals surface area contributed by atoms with E-state index >= 15 is 0 Å². The number of allylic oxidation sites excluding steroid dienone is 3. The van der Waals surface area contributed by atoms with Gasteiger partial charge in [0.2, 0.25) is 0 Å². The van der Waals surface area contributed by atoms with Crippen LogP contribution in [-0.2, 0) is 4.74 Å². The molecule has 1 heterocycles. The van der Waals surface area contributed by atoms with Gasteiger partial charge in [0.15, 0.2) is 0 Å². The first-order valence-electron chi connectivity index (χ1n) is 3.12. The Labute approximate surface area is 60.2 Å². The van der Waals surface area contributed by atoms with Crippen LogP contribution in [-0.4, -0.2) is 12.8 Å². The minimum Gasteiger partial charge on any atom is -0.497 e. The van der Waals surface area contributed by atoms with Gasteiger partial charge in [0, 0.05) is 12.4 Å². The van der Waals surface area contributed by atoms with Gasteiger partial charge in [-0.3, -0.25) is 4.99 Å². The van der Waals surface area contributed by atoms with Gasteiger partial charge in [0.1, 0.15) is 6.61 Å². The van der Waals surface area contributed by atoms with E-state index in [4.69, 9.17) is 4.74 Å². The van der Waals surface area contributed by atoms with E-state index in [-0.39, 0.29) is 0 Å². The van der Waals surface area contributed by atoms with Crippen molar-refractivity contribution in [1.29, 1.82) is 0 Å². The van der Waals surface area contributed by atoms with Gasteiger partial charge in [-0.05, 0) is 24.3 Å². The second-order valence-electron chi connectivity index (χ2n) is 1.73. The summed E-state index contributed by atoms with van der Waals surface area (Å²) < 4.78 is 5.03. The van der Waals surface area contributed by atoms with Gasteiger partial charge in [0.25, 0.3) is 0 Å². The second-order valence-corrected chi connectivity index (χ2v) is 1.73. The maximum absolute atomic E-state index is 5.03. The third-order valence-corrected chi connectivity index (χ3v) is 0.959. The molecule has 10 heavy (non-hydrogen) atoms. The first-order chi connectivity index (χ1) is 5.00. The number of rotatable bonds is 0. The molecule has 0 aromatic carbocycles. The summed E-state index contributed by atoms with van der Waals surface area (Å²) in [6.07, 6.45) is 12.4. The molecule has 2 nitrogen and oxygen atoms in total. The minimum absolute atomic E-state index is 0.607. The predicted molar refractivity (Wildman–Crippen MR) is 41.9 cm³/mol. The molecule has 0 saturated heterocycles. The fourth-order valence-electron chi connectivity index (χ4n) is 0.527. The SMILES string of the molecule is C1=CCOC=CC=CN=C1. The van der Waals surface area contributed by atoms with Crippen molar-refractivity contribution >= 4 is 6.21 Å². The molecule has 0 atom stereocenters. The summed E-state index contributed by atoms with van der Waals surface area (Å²) in [5.74, 6) is 0. The molecule has 1 rings (SSSR count). The lowest BCUT2D eigenvalue weighted by atomic mass is 10.5. The molecule has 0 aromatic heterocycles. The monoisotopic (exact) mass is 135 g/mol. The predicted octanol–water partition coefficient (Wildman–Crippen LogP) is 1.67. The highest BCUT2D eigenvalue weighted by Gasteiger charge is 1.73. The van der Waals surface area contributed by atoms with Gasteiger partial charge < -0.3 is 4.74 Å². The molecule has 0 aliphatic carbocycles. The van der Waals surface area contributed by atoms with Crippen LogP contribution in [0.2, 0.25) is 0 Å². The average Bonchev–Trinajstić information content (AvgIpc) is 2.01. The van der Waals surface area contributed by atoms with Gasteiger partial charge in [0.05, 0.1) is 6.26 Å². The van der Waals surface area contributed by atoms with Crippen molar-refractivity contribution in [2.24, 2.45) is 4.99 Å². The molecule has 2 heteroatoms. The Morgan fingerprint density at radius 1 is 1.20 bits per heavy atom. The third kappa shape index (κ3) is 2.87. The molecule has 0 aromatic rings. The Kier molecular flexibility index (Phi) is 3.10. The van der Waals surface area contributed by atoms with Crippen molar-refractivity contribution in [3.05, 3.63) is 36.8 Å². The fraction of sp³-hybridized carbons (Fsp3) is 0.125. The lowest BCUT2D eigenvalue weighted by Gasteiger charge is -1.91. The summed E-state index contributed by atoms with van der Waals surface area (Å²) in [5, 5.41) is 0. The highest BCUT2D eigenvalue weighted by Crippen LogP contribution is 1.84. The smallest absolute Gasteiger partial charge is 0.106 e. The summed E-state index contributed by atoms with van der Waals surface area (Å²) in [6.45, 7) is 0.607. The Morgan fingerprint density at radius 2 is 2.20 bits per heavy atom. The van der Waals surface area contributed by atoms with Crippen LogP contribution >= 0.6 is 0 Å². The topological polar surface area (TPSA) is 21.6 Å². The molecule has 52 valence electrons. The first-order valence-corrected chi connectivity index (χ1v) is 3.12. The lowest BCUT2D eigenvalue weighted by Crippen LogP contribution is -1.80. The van der Waals surface area contributed by atoms with E-state index in [9.17, 15) is 0 Å². The largest absolute Gasteiger partial charge is 0.497 e. The highest BCUT2D eigenvalue weighted by atomic mass is 16.5. The molecule has 1 aliphatic heterocycles. The van der Waals surface area contributed by atoms with Gasteiger partial charge in [-0.25, -0.2) is 0 Å². The first kappa shape index (κ1) is 6.81. The molecule has 0 amide bonds. The standard InChI is InChI=1S/C8H9NO/c1-3-7-10-8-4-2-6-9-5-1/h1-7H,8H2. The Morgan fingerprint density at radius 3 is 3.20 bits per heavy atom. The van der Waals surface area contributed by atoms with Crippen molar-refractivity contribution in [3.63, 3.8) is 0 Å². The average molecular weight is 135 g/mol. The number of hydrogen-bond acceptors (Lipinski definition) is 2. The second kappa shape index (κ2) is 4.56. The molecule has 0 saturated carbocycles. The van der Waals surface area contributed by atoms with Gasteiger partial charge in [-0.1, -0.05) is 0 Å². The summed E-state index contributed by atoms with van der Waals surface area (Å²) in [7, 11) is 0. The van der Waals surface area contributed by atoms with Crippen LogP contribution in [0.15, 0.2) is 41.8 Å². The molecule has 0 radical (unpaired) electrons. The van der Waals surface area contributed by atoms with E-state index in [1.807, 2.05) is 18.2 Å². The fourth-order valence-corrected chi connectivity index (χ4v) is 0.527. The molecule has 0 N–H and O–H groups in total. The number of hydrogen-bond donors (Lipinski definition) is 0. The quantitative estimate of drug-likeness (QED) is 0.495. The summed E-state index contributed by atoms with van der Waals surface area (Å²) in [6, 6.07) is 0. The van der Waals surface area contributed by atoms with E-state index in [0.29, 0.717) is 6.61 Å². The van der Waals surface area contributed by atoms with E-state index in [0.717, 1.165) is 0 Å². The molecule has 1 aliphatic rings. The number of nitrogens with zero attached hydrogens (tertiary/aromatic N) is 1. The zero-order chi connectivity index (χ0) is 7.07. The van der Waals surface area contributed by atoms with Crippen LogP contribution in [0.3, 0.4) is 0 Å². The van der Waals surface area contributed by atoms with E-state index in [1.165, 1.54) is 0 Å². The van der Waals surface area contributed by atoms with Crippen molar-refractivity contribution in [2.75, 3.05) is 6.61 Å². The summed E-state index contributed by atoms with van der Waals surface area (Å²) >= 11 is 0. The molecular formula is C8H9NO. The van der Waals surface area contributed by atoms with Crippen LogP contribution in [0.1, 0.15) is 0 Å². The Hall–Kier alpha value is -1.31. The van der Waals surface area contributed by atoms with Crippen molar-refractivity contribution in [2.45, 2.75) is 0 Å². The number of ether oxygens (including phenoxy) is 1. The molecular weight excluding hydrogens is 126 g/mol. The van der Waals surface area contributed by atoms with Gasteiger partial charge in [-0.2, -0.15) is 0 Å². The van der Waals surface area contributed by atoms with E-state index < -0.39 is 0 Å². The van der Waals surface area contributed by atoms with Crippen molar-refractivity contribution in [1.82, 2.24) is 0 Å². The lowest BCUT2D eigenvalue weighted by molar-refractivity contribution is 0.290. The minimum atomic E-state index is 0.607. The zero-order valence-electron chi connectivity index (χ0n) is 5.60. The molecule has 0 spiro atoms. The number of aliphatic imine (C=N–C) groups is 1. The summed E-state index contributed by atoms with van der Waals surface area (Å²) in [4.78, 5) is 3.93. The van der Waals surface area contributed by atoms with Crippen LogP contribution in [0.25, 0.3) is 0 Å². The van der Waals surface area contributed by atoms with Crippen LogP contribution < -0.4 is 0 Å². The molecule has 0 unspecified atom stereocenters. The Bertz CT molecular complexity index is 167. The third-order valence-electron chi connectivity index (χ3n) is 0.959. The zero-order valence-corrected chi connectivity index (χ0v) is 5.60. The normalized spacial score (nSPS) is 16.8. The molecule has 0 bridgehead atoms. The van der Waals surface area contributed by atoms with Crippen molar-refractivity contribution < 1.29 is 4.74 Å². The van der Waals surface area contributed by atoms with E-state index in [2.05, 4.69) is 4.99 Å². The van der Waals surface area contributed by atoms with Crippen LogP contribution in [0.4, 0.5) is 0 Å². The highest BCUT2D eigenvalue weighted by molar-refractivity contribution is 5.71. The maximum atomic E-state index is 5.03. The van der Waals surface area contributed by atoms with Gasteiger partial charge >= 0.3 is 0 Å². The van der Waals surface area contributed by atoms with Crippen molar-refractivity contribution in [3.8, 4) is 0 Å². The van der Waals surface area contributed by atoms with Gasteiger partial charge in [-0.15, -0.1) is 0 Å². The summed E-state index contributed by atoms with van der Waals surface area (Å²) in [5.41, 5.74) is 0. The van der Waals surface area contributed by atoms with Crippen LogP contribution in [0, 0.1) is 0 Å². The molecule has 0 fully saturated rings. The Balaban J connectivity index is 2.53. The van der Waals surface area contributed by atoms with Crippen LogP contribution in [0.5, 0.6) is 0 Å². The maximum Gasteiger partial charge on any atom is 0.106 e. The van der Waals surface area contributed by atoms with E-state index in [1.54, 1.807) is 24.8 Å².